The number of likely N-dealkylation sites (tertiary alicyclic amines) is 1. The highest BCUT2D eigenvalue weighted by Crippen LogP contribution is 2.33. The fourth-order valence-electron chi connectivity index (χ4n) is 4.71. The lowest BCUT2D eigenvalue weighted by atomic mass is 9.81. The zero-order valence-corrected chi connectivity index (χ0v) is 21.2. The molecule has 0 aliphatic carbocycles. The lowest BCUT2D eigenvalue weighted by molar-refractivity contribution is -0.156. The van der Waals surface area contributed by atoms with Gasteiger partial charge >= 0.3 is 6.03 Å². The molecule has 194 valence electrons. The van der Waals surface area contributed by atoms with E-state index in [1.807, 2.05) is 6.92 Å². The SMILES string of the molecule is CC[C@@H](NC(=O)N1C(=O)[C@H](Cc2cc(C)nc(N)c2)[C@H]1C(=O)N(C)c1nccn1C)c1ccc(F)cc1. The number of nitrogen functional groups attached to an aromatic ring is 1. The summed E-state index contributed by atoms with van der Waals surface area (Å²) in [6.45, 7) is 3.66. The van der Waals surface area contributed by atoms with Crippen molar-refractivity contribution in [2.75, 3.05) is 17.7 Å². The largest absolute Gasteiger partial charge is 0.384 e. The van der Waals surface area contributed by atoms with E-state index in [1.165, 1.54) is 17.0 Å². The Hall–Kier alpha value is -4.28. The Morgan fingerprint density at radius 1 is 1.24 bits per heavy atom. The smallest absolute Gasteiger partial charge is 0.325 e. The molecule has 37 heavy (non-hydrogen) atoms. The van der Waals surface area contributed by atoms with E-state index in [-0.39, 0.29) is 12.2 Å². The van der Waals surface area contributed by atoms with E-state index in [9.17, 15) is 18.8 Å². The molecule has 3 atom stereocenters. The van der Waals surface area contributed by atoms with Gasteiger partial charge in [-0.25, -0.2) is 19.2 Å². The van der Waals surface area contributed by atoms with Crippen molar-refractivity contribution < 1.29 is 18.8 Å². The van der Waals surface area contributed by atoms with Crippen molar-refractivity contribution in [1.82, 2.24) is 24.8 Å². The molecule has 0 radical (unpaired) electrons. The molecule has 3 N–H and O–H groups in total. The van der Waals surface area contributed by atoms with E-state index >= 15 is 0 Å². The zero-order valence-electron chi connectivity index (χ0n) is 21.2. The van der Waals surface area contributed by atoms with Crippen molar-refractivity contribution in [1.29, 1.82) is 0 Å². The molecule has 11 heteroatoms. The van der Waals surface area contributed by atoms with Gasteiger partial charge in [-0.3, -0.25) is 19.4 Å². The number of nitrogens with two attached hydrogens (primary N) is 1. The van der Waals surface area contributed by atoms with Crippen LogP contribution in [0.3, 0.4) is 0 Å². The highest BCUT2D eigenvalue weighted by atomic mass is 19.1. The molecule has 1 aliphatic rings. The van der Waals surface area contributed by atoms with Gasteiger partial charge in [-0.05, 0) is 55.2 Å². The number of likely N-dealkylation sites (N-methyl/N-ethyl adjacent to an activating group) is 1. The van der Waals surface area contributed by atoms with Gasteiger partial charge in [-0.15, -0.1) is 0 Å². The predicted molar refractivity (Wildman–Crippen MR) is 136 cm³/mol. The van der Waals surface area contributed by atoms with Gasteiger partial charge in [0.15, 0.2) is 0 Å². The minimum atomic E-state index is -1.05. The second kappa shape index (κ2) is 10.4. The quantitative estimate of drug-likeness (QED) is 0.474. The molecule has 3 aromatic rings. The Labute approximate surface area is 214 Å². The van der Waals surface area contributed by atoms with E-state index in [2.05, 4.69) is 15.3 Å². The molecular formula is C26H30FN7O3. The van der Waals surface area contributed by atoms with E-state index in [1.54, 1.807) is 62.2 Å². The number of halogens is 1. The molecule has 0 bridgehead atoms. The van der Waals surface area contributed by atoms with E-state index < -0.39 is 35.8 Å². The summed E-state index contributed by atoms with van der Waals surface area (Å²) in [5, 5.41) is 2.83. The number of benzene rings is 1. The summed E-state index contributed by atoms with van der Waals surface area (Å²) in [6, 6.07) is 7.05. The molecule has 10 nitrogen and oxygen atoms in total. The van der Waals surface area contributed by atoms with Crippen LogP contribution < -0.4 is 16.0 Å². The fourth-order valence-corrected chi connectivity index (χ4v) is 4.71. The number of imidazole rings is 1. The first-order valence-electron chi connectivity index (χ1n) is 12.0. The third kappa shape index (κ3) is 5.16. The third-order valence-corrected chi connectivity index (χ3v) is 6.58. The fraction of sp³-hybridized carbons (Fsp3) is 0.346. The number of carbonyl (C=O) groups is 3. The van der Waals surface area contributed by atoms with Crippen LogP contribution in [0, 0.1) is 18.7 Å². The average Bonchev–Trinajstić information content (AvgIpc) is 3.28. The number of amides is 4. The Balaban J connectivity index is 1.61. The van der Waals surface area contributed by atoms with Crippen LogP contribution in [0.4, 0.5) is 21.0 Å². The number of rotatable bonds is 7. The summed E-state index contributed by atoms with van der Waals surface area (Å²) in [5.74, 6) is -1.37. The second-order valence-electron chi connectivity index (χ2n) is 9.20. The van der Waals surface area contributed by atoms with E-state index in [0.717, 1.165) is 10.5 Å². The maximum atomic E-state index is 13.7. The van der Waals surface area contributed by atoms with Crippen molar-refractivity contribution in [2.24, 2.45) is 13.0 Å². The summed E-state index contributed by atoms with van der Waals surface area (Å²) in [5.41, 5.74) is 8.01. The number of aromatic nitrogens is 3. The van der Waals surface area contributed by atoms with Crippen LogP contribution in [-0.4, -0.2) is 50.4 Å². The standard InChI is InChI=1S/C26H30FN7O3/c1-5-20(17-6-8-18(27)9-7-17)31-26(37)34-22(24(36)33(4)25-29-10-11-32(25)3)19(23(34)35)13-16-12-15(2)30-21(28)14-16/h6-12,14,19-20,22H,5,13H2,1-4H3,(H2,28,30)(H,31,37)/t19-,20-,22+/m1/s1. The monoisotopic (exact) mass is 507 g/mol. The molecule has 4 amide bonds. The first kappa shape index (κ1) is 25.8. The summed E-state index contributed by atoms with van der Waals surface area (Å²) >= 11 is 0. The average molecular weight is 508 g/mol. The predicted octanol–water partition coefficient (Wildman–Crippen LogP) is 2.74. The van der Waals surface area contributed by atoms with Crippen LogP contribution in [0.5, 0.6) is 0 Å². The van der Waals surface area contributed by atoms with Crippen molar-refractivity contribution in [3.05, 3.63) is 71.4 Å². The Morgan fingerprint density at radius 2 is 1.95 bits per heavy atom. The second-order valence-corrected chi connectivity index (χ2v) is 9.20. The van der Waals surface area contributed by atoms with Crippen LogP contribution in [0.2, 0.25) is 0 Å². The lowest BCUT2D eigenvalue weighted by Gasteiger charge is -2.45. The zero-order chi connectivity index (χ0) is 26.9. The van der Waals surface area contributed by atoms with Crippen LogP contribution in [0.15, 0.2) is 48.8 Å². The molecule has 2 aromatic heterocycles. The number of nitrogens with one attached hydrogen (secondary N) is 1. The number of urea groups is 1. The van der Waals surface area contributed by atoms with Gasteiger partial charge in [0.05, 0.1) is 12.0 Å². The van der Waals surface area contributed by atoms with Crippen LogP contribution in [-0.2, 0) is 23.1 Å². The molecule has 1 aliphatic heterocycles. The minimum Gasteiger partial charge on any atom is -0.384 e. The number of β-lactam (4-membered cyclic amide) rings is 1. The van der Waals surface area contributed by atoms with Crippen molar-refractivity contribution >= 4 is 29.6 Å². The molecule has 4 rings (SSSR count). The van der Waals surface area contributed by atoms with E-state index in [0.29, 0.717) is 29.4 Å². The Morgan fingerprint density at radius 3 is 2.54 bits per heavy atom. The highest BCUT2D eigenvalue weighted by Gasteiger charge is 2.55. The number of hydrogen-bond acceptors (Lipinski definition) is 6. The minimum absolute atomic E-state index is 0.218. The third-order valence-electron chi connectivity index (χ3n) is 6.58. The number of aryl methyl sites for hydroxylation is 2. The molecule has 0 spiro atoms. The van der Waals surface area contributed by atoms with Gasteiger partial charge in [-0.2, -0.15) is 0 Å². The summed E-state index contributed by atoms with van der Waals surface area (Å²) in [4.78, 5) is 51.0. The summed E-state index contributed by atoms with van der Waals surface area (Å²) in [7, 11) is 3.31. The van der Waals surface area contributed by atoms with Crippen molar-refractivity contribution in [2.45, 2.75) is 38.8 Å². The normalized spacial score (nSPS) is 17.8. The molecule has 1 saturated heterocycles. The summed E-state index contributed by atoms with van der Waals surface area (Å²) < 4.78 is 15.1. The van der Waals surface area contributed by atoms with Crippen molar-refractivity contribution in [3.63, 3.8) is 0 Å². The number of hydrogen-bond donors (Lipinski definition) is 2. The molecule has 3 heterocycles. The molecule has 1 fully saturated rings. The number of nitrogens with zero attached hydrogens (tertiary/aromatic N) is 5. The molecule has 0 unspecified atom stereocenters. The van der Waals surface area contributed by atoms with E-state index in [4.69, 9.17) is 5.73 Å². The van der Waals surface area contributed by atoms with Gasteiger partial charge in [-0.1, -0.05) is 19.1 Å². The number of carbonyl (C=O) groups excluding carboxylic acids is 3. The summed E-state index contributed by atoms with van der Waals surface area (Å²) in [6.07, 6.45) is 3.98. The Kier molecular flexibility index (Phi) is 7.23. The number of imide groups is 1. The molecular weight excluding hydrogens is 477 g/mol. The van der Waals surface area contributed by atoms with Crippen molar-refractivity contribution in [3.8, 4) is 0 Å². The van der Waals surface area contributed by atoms with Gasteiger partial charge < -0.3 is 15.6 Å². The number of pyridine rings is 1. The molecule has 0 saturated carbocycles. The van der Waals surface area contributed by atoms with Gasteiger partial charge in [0.1, 0.15) is 17.7 Å². The Bertz CT molecular complexity index is 1300. The highest BCUT2D eigenvalue weighted by molar-refractivity contribution is 6.12. The first-order chi connectivity index (χ1) is 17.6. The van der Waals surface area contributed by atoms with Gasteiger partial charge in [0, 0.05) is 32.2 Å². The maximum absolute atomic E-state index is 13.7. The number of anilines is 2. The van der Waals surface area contributed by atoms with Gasteiger partial charge in [0.25, 0.3) is 5.91 Å². The van der Waals surface area contributed by atoms with Crippen LogP contribution >= 0.6 is 0 Å². The van der Waals surface area contributed by atoms with Gasteiger partial charge in [0.2, 0.25) is 11.9 Å². The maximum Gasteiger partial charge on any atom is 0.325 e. The molecule has 1 aromatic carbocycles. The topological polar surface area (TPSA) is 126 Å². The van der Waals surface area contributed by atoms with Crippen LogP contribution in [0.1, 0.15) is 36.2 Å². The van der Waals surface area contributed by atoms with Crippen LogP contribution in [0.25, 0.3) is 0 Å². The first-order valence-corrected chi connectivity index (χ1v) is 12.0. The lowest BCUT2D eigenvalue weighted by Crippen LogP contribution is -2.70.